The third-order valence-electron chi connectivity index (χ3n) is 6.87. The number of ether oxygens (including phenoxy) is 2. The van der Waals surface area contributed by atoms with Crippen molar-refractivity contribution in [3.05, 3.63) is 66.1 Å². The van der Waals surface area contributed by atoms with Gasteiger partial charge in [-0.05, 0) is 34.2 Å². The number of rotatable bonds is 6. The van der Waals surface area contributed by atoms with E-state index in [-0.39, 0.29) is 5.41 Å². The fraction of sp³-hybridized carbons (Fsp3) is 0.393. The summed E-state index contributed by atoms with van der Waals surface area (Å²) in [5.41, 5.74) is 4.87. The van der Waals surface area contributed by atoms with Gasteiger partial charge in [-0.25, -0.2) is 4.98 Å². The summed E-state index contributed by atoms with van der Waals surface area (Å²) in [5, 5.41) is 4.50. The Morgan fingerprint density at radius 1 is 0.861 bits per heavy atom. The normalized spacial score (nSPS) is 14.9. The number of aromatic nitrogens is 4. The van der Waals surface area contributed by atoms with Crippen molar-refractivity contribution in [3.63, 3.8) is 0 Å². The largest absolute Gasteiger partial charge is 0.493 e. The van der Waals surface area contributed by atoms with Crippen LogP contribution in [-0.4, -0.2) is 64.9 Å². The third-order valence-corrected chi connectivity index (χ3v) is 6.87. The van der Waals surface area contributed by atoms with E-state index in [1.807, 2.05) is 28.9 Å². The number of methoxy groups -OCH3 is 2. The van der Waals surface area contributed by atoms with E-state index in [4.69, 9.17) is 9.47 Å². The first-order valence-electron chi connectivity index (χ1n) is 12.4. The van der Waals surface area contributed by atoms with E-state index in [0.29, 0.717) is 17.3 Å². The van der Waals surface area contributed by atoms with Crippen LogP contribution in [0.2, 0.25) is 0 Å². The summed E-state index contributed by atoms with van der Waals surface area (Å²) in [4.78, 5) is 13.8. The lowest BCUT2D eigenvalue weighted by atomic mass is 9.87. The number of hydrogen-bond donors (Lipinski definition) is 0. The van der Waals surface area contributed by atoms with Crippen LogP contribution in [0.15, 0.2) is 55.0 Å². The van der Waals surface area contributed by atoms with Crippen LogP contribution in [0, 0.1) is 0 Å². The monoisotopic (exact) mass is 486 g/mol. The zero-order chi connectivity index (χ0) is 25.3. The molecular formula is C28H34N6O2. The molecule has 8 nitrogen and oxygen atoms in total. The molecule has 0 aliphatic carbocycles. The lowest BCUT2D eigenvalue weighted by molar-refractivity contribution is 0.249. The molecule has 8 heteroatoms. The molecule has 5 rings (SSSR count). The van der Waals surface area contributed by atoms with E-state index in [2.05, 4.69) is 69.9 Å². The van der Waals surface area contributed by atoms with Crippen LogP contribution in [0.3, 0.4) is 0 Å². The van der Waals surface area contributed by atoms with Crippen LogP contribution in [0.25, 0.3) is 16.9 Å². The Bertz CT molecular complexity index is 1330. The summed E-state index contributed by atoms with van der Waals surface area (Å²) in [6.07, 6.45) is 3.44. The molecule has 188 valence electrons. The van der Waals surface area contributed by atoms with Crippen LogP contribution in [0.1, 0.15) is 31.9 Å². The average Bonchev–Trinajstić information content (AvgIpc) is 3.37. The molecule has 0 spiro atoms. The minimum absolute atomic E-state index is 0.174. The molecule has 0 bridgehead atoms. The van der Waals surface area contributed by atoms with Crippen LogP contribution in [0.5, 0.6) is 11.5 Å². The SMILES string of the molecule is COc1ccc(-c2cnc3ncnn3c2N2CCN(Cc3ccc(C(C)(C)C)cc3)CC2)cc1OC. The van der Waals surface area contributed by atoms with Gasteiger partial charge in [0.15, 0.2) is 11.5 Å². The molecule has 0 radical (unpaired) electrons. The van der Waals surface area contributed by atoms with Gasteiger partial charge in [0.25, 0.3) is 5.78 Å². The first-order valence-corrected chi connectivity index (χ1v) is 12.4. The van der Waals surface area contributed by atoms with Gasteiger partial charge >= 0.3 is 0 Å². The Morgan fingerprint density at radius 3 is 2.25 bits per heavy atom. The van der Waals surface area contributed by atoms with Crippen molar-refractivity contribution in [2.75, 3.05) is 45.3 Å². The predicted molar refractivity (Wildman–Crippen MR) is 142 cm³/mol. The first-order chi connectivity index (χ1) is 17.4. The van der Waals surface area contributed by atoms with Gasteiger partial charge < -0.3 is 14.4 Å². The third kappa shape index (κ3) is 4.73. The summed E-state index contributed by atoms with van der Waals surface area (Å²) < 4.78 is 12.8. The molecule has 1 aliphatic heterocycles. The van der Waals surface area contributed by atoms with Crippen molar-refractivity contribution in [2.45, 2.75) is 32.7 Å². The van der Waals surface area contributed by atoms with E-state index in [1.165, 1.54) is 11.1 Å². The molecule has 0 saturated carbocycles. The van der Waals surface area contributed by atoms with E-state index in [1.54, 1.807) is 20.5 Å². The predicted octanol–water partition coefficient (Wildman–Crippen LogP) is 4.43. The van der Waals surface area contributed by atoms with Crippen LogP contribution < -0.4 is 14.4 Å². The number of benzene rings is 2. The van der Waals surface area contributed by atoms with Gasteiger partial charge in [-0.3, -0.25) is 4.90 Å². The fourth-order valence-electron chi connectivity index (χ4n) is 4.76. The molecule has 2 aromatic carbocycles. The molecule has 1 aliphatic rings. The first kappa shape index (κ1) is 24.1. The lowest BCUT2D eigenvalue weighted by Crippen LogP contribution is -2.46. The summed E-state index contributed by atoms with van der Waals surface area (Å²) >= 11 is 0. The van der Waals surface area contributed by atoms with Crippen molar-refractivity contribution < 1.29 is 9.47 Å². The van der Waals surface area contributed by atoms with Gasteiger partial charge in [0.2, 0.25) is 0 Å². The maximum atomic E-state index is 5.55. The Balaban J connectivity index is 1.38. The zero-order valence-corrected chi connectivity index (χ0v) is 21.7. The minimum Gasteiger partial charge on any atom is -0.493 e. The molecule has 0 unspecified atom stereocenters. The number of piperazine rings is 1. The number of anilines is 1. The zero-order valence-electron chi connectivity index (χ0n) is 21.7. The van der Waals surface area contributed by atoms with Gasteiger partial charge in [-0.15, -0.1) is 0 Å². The standard InChI is InChI=1S/C28H34N6O2/c1-28(2,3)22-9-6-20(7-10-22)18-32-12-14-33(15-13-32)26-23(17-29-27-30-19-31-34(26)27)21-8-11-24(35-4)25(16-21)36-5/h6-11,16-17,19H,12-15,18H2,1-5H3. The Morgan fingerprint density at radius 2 is 1.58 bits per heavy atom. The number of nitrogens with zero attached hydrogens (tertiary/aromatic N) is 6. The average molecular weight is 487 g/mol. The highest BCUT2D eigenvalue weighted by atomic mass is 16.5. The van der Waals surface area contributed by atoms with Gasteiger partial charge in [-0.2, -0.15) is 14.6 Å². The number of fused-ring (bicyclic) bond motifs is 1. The van der Waals surface area contributed by atoms with Crippen molar-refractivity contribution >= 4 is 11.6 Å². The lowest BCUT2D eigenvalue weighted by Gasteiger charge is -2.36. The van der Waals surface area contributed by atoms with Crippen molar-refractivity contribution in [1.82, 2.24) is 24.5 Å². The minimum atomic E-state index is 0.174. The van der Waals surface area contributed by atoms with E-state index < -0.39 is 0 Å². The van der Waals surface area contributed by atoms with E-state index in [9.17, 15) is 0 Å². The highest BCUT2D eigenvalue weighted by Crippen LogP contribution is 2.36. The second kappa shape index (κ2) is 9.78. The molecule has 1 fully saturated rings. The summed E-state index contributed by atoms with van der Waals surface area (Å²) in [5.74, 6) is 2.97. The molecule has 4 aromatic rings. The fourth-order valence-corrected chi connectivity index (χ4v) is 4.76. The van der Waals surface area contributed by atoms with E-state index >= 15 is 0 Å². The smallest absolute Gasteiger partial charge is 0.254 e. The Hall–Kier alpha value is -3.65. The van der Waals surface area contributed by atoms with Gasteiger partial charge in [0.05, 0.1) is 14.2 Å². The maximum Gasteiger partial charge on any atom is 0.254 e. The highest BCUT2D eigenvalue weighted by molar-refractivity contribution is 5.78. The maximum absolute atomic E-state index is 5.55. The van der Waals surface area contributed by atoms with E-state index in [0.717, 1.165) is 49.7 Å². The van der Waals surface area contributed by atoms with Gasteiger partial charge in [0.1, 0.15) is 12.1 Å². The Kier molecular flexibility index (Phi) is 6.53. The molecule has 0 atom stereocenters. The molecule has 1 saturated heterocycles. The topological polar surface area (TPSA) is 68.0 Å². The summed E-state index contributed by atoms with van der Waals surface area (Å²) in [6.45, 7) is 11.4. The van der Waals surface area contributed by atoms with Gasteiger partial charge in [0, 0.05) is 44.5 Å². The number of hydrogen-bond acceptors (Lipinski definition) is 7. The van der Waals surface area contributed by atoms with Crippen molar-refractivity contribution in [2.24, 2.45) is 0 Å². The second-order valence-corrected chi connectivity index (χ2v) is 10.2. The van der Waals surface area contributed by atoms with Gasteiger partial charge in [-0.1, -0.05) is 51.1 Å². The van der Waals surface area contributed by atoms with Crippen molar-refractivity contribution in [3.8, 4) is 22.6 Å². The molecular weight excluding hydrogens is 452 g/mol. The molecule has 36 heavy (non-hydrogen) atoms. The van der Waals surface area contributed by atoms with Crippen molar-refractivity contribution in [1.29, 1.82) is 0 Å². The molecule has 2 aromatic heterocycles. The molecule has 3 heterocycles. The van der Waals surface area contributed by atoms with Crippen LogP contribution in [0.4, 0.5) is 5.82 Å². The quantitative estimate of drug-likeness (QED) is 0.399. The molecule has 0 amide bonds. The van der Waals surface area contributed by atoms with Crippen LogP contribution >= 0.6 is 0 Å². The summed E-state index contributed by atoms with van der Waals surface area (Å²) in [6, 6.07) is 15.0. The second-order valence-electron chi connectivity index (χ2n) is 10.2. The Labute approximate surface area is 212 Å². The molecule has 0 N–H and O–H groups in total. The van der Waals surface area contributed by atoms with Crippen LogP contribution in [-0.2, 0) is 12.0 Å². The highest BCUT2D eigenvalue weighted by Gasteiger charge is 2.24. The summed E-state index contributed by atoms with van der Waals surface area (Å²) in [7, 11) is 3.29.